The molecule has 2 aliphatic rings. The van der Waals surface area contributed by atoms with Gasteiger partial charge in [-0.1, -0.05) is 49.9 Å². The van der Waals surface area contributed by atoms with Crippen molar-refractivity contribution < 1.29 is 19.2 Å². The number of carbonyl (C=O) groups excluding carboxylic acids is 1. The van der Waals surface area contributed by atoms with E-state index in [1.807, 2.05) is 24.3 Å². The van der Waals surface area contributed by atoms with E-state index < -0.39 is 5.79 Å². The first kappa shape index (κ1) is 23.5. The molecule has 2 aliphatic heterocycles. The molecule has 7 nitrogen and oxygen atoms in total. The van der Waals surface area contributed by atoms with Crippen molar-refractivity contribution in [2.24, 2.45) is 0 Å². The fourth-order valence-corrected chi connectivity index (χ4v) is 5.34. The van der Waals surface area contributed by atoms with Crippen LogP contribution in [0.3, 0.4) is 0 Å². The molecule has 0 aliphatic carbocycles. The lowest BCUT2D eigenvalue weighted by Gasteiger charge is -2.37. The summed E-state index contributed by atoms with van der Waals surface area (Å²) in [5.41, 5.74) is 1.80. The van der Waals surface area contributed by atoms with E-state index in [1.54, 1.807) is 17.0 Å². The van der Waals surface area contributed by atoms with E-state index in [9.17, 15) is 14.9 Å². The highest BCUT2D eigenvalue weighted by Crippen LogP contribution is 2.39. The van der Waals surface area contributed by atoms with E-state index in [2.05, 4.69) is 19.9 Å². The van der Waals surface area contributed by atoms with Gasteiger partial charge in [-0.05, 0) is 35.3 Å². The van der Waals surface area contributed by atoms with E-state index >= 15 is 0 Å². The highest BCUT2D eigenvalue weighted by molar-refractivity contribution is 7.99. The molecule has 1 spiro atoms. The third kappa shape index (κ3) is 5.46. The van der Waals surface area contributed by atoms with Gasteiger partial charge in [0.15, 0.2) is 5.79 Å². The van der Waals surface area contributed by atoms with Crippen LogP contribution in [0.15, 0.2) is 58.3 Å². The Morgan fingerprint density at radius 1 is 1.12 bits per heavy atom. The molecule has 174 valence electrons. The predicted octanol–water partition coefficient (Wildman–Crippen LogP) is 5.25. The number of amides is 1. The van der Waals surface area contributed by atoms with E-state index in [0.29, 0.717) is 55.5 Å². The fourth-order valence-electron chi connectivity index (χ4n) is 4.16. The van der Waals surface area contributed by atoms with Gasteiger partial charge in [0.25, 0.3) is 5.69 Å². The summed E-state index contributed by atoms with van der Waals surface area (Å²) >= 11 is 1.40. The summed E-state index contributed by atoms with van der Waals surface area (Å²) < 4.78 is 11.4. The molecule has 0 bridgehead atoms. The number of nitro benzene ring substituents is 1. The molecule has 4 rings (SSSR count). The van der Waals surface area contributed by atoms with Crippen molar-refractivity contribution >= 4 is 29.4 Å². The number of rotatable bonds is 6. The van der Waals surface area contributed by atoms with Crippen LogP contribution in [0, 0.1) is 10.1 Å². The van der Waals surface area contributed by atoms with Crippen LogP contribution in [0.25, 0.3) is 6.08 Å². The molecule has 2 saturated heterocycles. The highest BCUT2D eigenvalue weighted by Gasteiger charge is 2.40. The minimum atomic E-state index is -0.525. The first-order valence-electron chi connectivity index (χ1n) is 11.2. The highest BCUT2D eigenvalue weighted by atomic mass is 32.2. The van der Waals surface area contributed by atoms with Crippen LogP contribution in [0.2, 0.25) is 0 Å². The molecule has 0 unspecified atom stereocenters. The van der Waals surface area contributed by atoms with Crippen LogP contribution in [0.5, 0.6) is 0 Å². The second kappa shape index (κ2) is 10.1. The van der Waals surface area contributed by atoms with Gasteiger partial charge in [-0.25, -0.2) is 0 Å². The molecule has 2 aromatic rings. The van der Waals surface area contributed by atoms with E-state index in [4.69, 9.17) is 9.47 Å². The average molecular weight is 469 g/mol. The standard InChI is InChI=1S/C25H28N2O5S/c1-18(2)20-5-3-4-6-22(20)33-23-9-7-19(17-21(23)27(29)30)8-10-24(28)26-13-11-25(12-14-26)31-15-16-32-25/h3-10,17-18H,11-16H2,1-2H3/b10-8+. The second-order valence-electron chi connectivity index (χ2n) is 8.55. The Hall–Kier alpha value is -2.68. The van der Waals surface area contributed by atoms with Crippen molar-refractivity contribution in [3.63, 3.8) is 0 Å². The van der Waals surface area contributed by atoms with Crippen LogP contribution < -0.4 is 0 Å². The molecule has 0 saturated carbocycles. The van der Waals surface area contributed by atoms with Crippen molar-refractivity contribution in [1.29, 1.82) is 0 Å². The number of likely N-dealkylation sites (tertiary alicyclic amines) is 1. The molecule has 0 atom stereocenters. The van der Waals surface area contributed by atoms with Gasteiger partial charge < -0.3 is 14.4 Å². The van der Waals surface area contributed by atoms with Gasteiger partial charge >= 0.3 is 0 Å². The molecule has 0 radical (unpaired) electrons. The van der Waals surface area contributed by atoms with Crippen LogP contribution in [-0.4, -0.2) is 47.8 Å². The predicted molar refractivity (Wildman–Crippen MR) is 127 cm³/mol. The first-order chi connectivity index (χ1) is 15.9. The van der Waals surface area contributed by atoms with Crippen LogP contribution in [0.4, 0.5) is 5.69 Å². The largest absolute Gasteiger partial charge is 0.347 e. The van der Waals surface area contributed by atoms with Crippen molar-refractivity contribution in [2.75, 3.05) is 26.3 Å². The zero-order valence-corrected chi connectivity index (χ0v) is 19.7. The third-order valence-electron chi connectivity index (χ3n) is 6.01. The quantitative estimate of drug-likeness (QED) is 0.327. The maximum atomic E-state index is 12.6. The molecular formula is C25H28N2O5S. The lowest BCUT2D eigenvalue weighted by Crippen LogP contribution is -2.46. The van der Waals surface area contributed by atoms with Crippen LogP contribution >= 0.6 is 11.8 Å². The second-order valence-corrected chi connectivity index (χ2v) is 9.63. The average Bonchev–Trinajstić information content (AvgIpc) is 3.26. The zero-order chi connectivity index (χ0) is 23.4. The topological polar surface area (TPSA) is 81.9 Å². The van der Waals surface area contributed by atoms with Gasteiger partial charge in [0.05, 0.1) is 23.0 Å². The number of ether oxygens (including phenoxy) is 2. The Balaban J connectivity index is 1.46. The Morgan fingerprint density at radius 2 is 1.82 bits per heavy atom. The van der Waals surface area contributed by atoms with E-state index in [-0.39, 0.29) is 16.5 Å². The number of benzene rings is 2. The molecular weight excluding hydrogens is 440 g/mol. The number of hydrogen-bond acceptors (Lipinski definition) is 6. The van der Waals surface area contributed by atoms with Gasteiger partial charge in [-0.3, -0.25) is 14.9 Å². The van der Waals surface area contributed by atoms with E-state index in [1.165, 1.54) is 23.9 Å². The maximum absolute atomic E-state index is 12.6. The minimum absolute atomic E-state index is 0.0311. The Labute approximate surface area is 197 Å². The molecule has 2 aromatic carbocycles. The van der Waals surface area contributed by atoms with Gasteiger partial charge in [0.2, 0.25) is 5.91 Å². The number of carbonyl (C=O) groups is 1. The van der Waals surface area contributed by atoms with Crippen LogP contribution in [0.1, 0.15) is 43.7 Å². The van der Waals surface area contributed by atoms with Crippen molar-refractivity contribution in [1.82, 2.24) is 4.90 Å². The lowest BCUT2D eigenvalue weighted by molar-refractivity contribution is -0.387. The molecule has 33 heavy (non-hydrogen) atoms. The van der Waals surface area contributed by atoms with Crippen molar-refractivity contribution in [3.8, 4) is 0 Å². The summed E-state index contributed by atoms with van der Waals surface area (Å²) in [6.07, 6.45) is 4.43. The third-order valence-corrected chi connectivity index (χ3v) is 7.17. The van der Waals surface area contributed by atoms with Crippen molar-refractivity contribution in [2.45, 2.75) is 48.2 Å². The smallest absolute Gasteiger partial charge is 0.283 e. The molecule has 2 heterocycles. The zero-order valence-electron chi connectivity index (χ0n) is 18.9. The van der Waals surface area contributed by atoms with Gasteiger partial charge in [0, 0.05) is 43.0 Å². The summed E-state index contributed by atoms with van der Waals surface area (Å²) in [5.74, 6) is -0.324. The summed E-state index contributed by atoms with van der Waals surface area (Å²) in [6.45, 7) is 6.54. The number of piperidine rings is 1. The normalized spacial score (nSPS) is 17.8. The molecule has 0 aromatic heterocycles. The molecule has 0 N–H and O–H groups in total. The minimum Gasteiger partial charge on any atom is -0.347 e. The number of nitrogens with zero attached hydrogens (tertiary/aromatic N) is 2. The lowest BCUT2D eigenvalue weighted by atomic mass is 10.0. The van der Waals surface area contributed by atoms with Crippen LogP contribution in [-0.2, 0) is 14.3 Å². The molecule has 2 fully saturated rings. The Morgan fingerprint density at radius 3 is 2.48 bits per heavy atom. The Bertz CT molecular complexity index is 1050. The summed E-state index contributed by atoms with van der Waals surface area (Å²) in [6, 6.07) is 13.0. The fraction of sp³-hybridized carbons (Fsp3) is 0.400. The summed E-state index contributed by atoms with van der Waals surface area (Å²) in [5, 5.41) is 11.8. The maximum Gasteiger partial charge on any atom is 0.283 e. The Kier molecular flexibility index (Phi) is 7.17. The summed E-state index contributed by atoms with van der Waals surface area (Å²) in [7, 11) is 0. The SMILES string of the molecule is CC(C)c1ccccc1Sc1ccc(/C=C/C(=O)N2CCC3(CC2)OCCO3)cc1[N+](=O)[O-]. The number of nitro groups is 1. The molecule has 1 amide bonds. The summed E-state index contributed by atoms with van der Waals surface area (Å²) in [4.78, 5) is 27.4. The van der Waals surface area contributed by atoms with Gasteiger partial charge in [-0.2, -0.15) is 0 Å². The van der Waals surface area contributed by atoms with Crippen molar-refractivity contribution in [3.05, 3.63) is 69.8 Å². The molecule has 8 heteroatoms. The van der Waals surface area contributed by atoms with E-state index in [0.717, 1.165) is 10.5 Å². The van der Waals surface area contributed by atoms with Gasteiger partial charge in [-0.15, -0.1) is 0 Å². The number of hydrogen-bond donors (Lipinski definition) is 0. The monoisotopic (exact) mass is 468 g/mol. The first-order valence-corrected chi connectivity index (χ1v) is 12.0. The van der Waals surface area contributed by atoms with Gasteiger partial charge in [0.1, 0.15) is 0 Å².